The lowest BCUT2D eigenvalue weighted by molar-refractivity contribution is 0.620. The molecule has 4 rings (SSSR count). The second-order valence-electron chi connectivity index (χ2n) is 4.90. The Morgan fingerprint density at radius 1 is 1.19 bits per heavy atom. The molecule has 2 N–H and O–H groups in total. The highest BCUT2D eigenvalue weighted by Gasteiger charge is 2.13. The van der Waals surface area contributed by atoms with E-state index in [4.69, 9.17) is 5.73 Å². The van der Waals surface area contributed by atoms with E-state index < -0.39 is 0 Å². The first-order chi connectivity index (χ1) is 10.1. The molecule has 0 unspecified atom stereocenters. The highest BCUT2D eigenvalue weighted by atomic mass is 32.1. The van der Waals surface area contributed by atoms with Gasteiger partial charge in [-0.25, -0.2) is 14.4 Å². The van der Waals surface area contributed by atoms with E-state index in [-0.39, 0.29) is 5.82 Å². The maximum Gasteiger partial charge on any atom is 0.205 e. The van der Waals surface area contributed by atoms with E-state index in [0.29, 0.717) is 17.0 Å². The SMILES string of the molecule is Cc1cc2c(cc1F)nc(N)n2-c1ccc2ncsc2c1. The normalized spacial score (nSPS) is 11.5. The third-order valence-electron chi connectivity index (χ3n) is 3.53. The van der Waals surface area contributed by atoms with Crippen LogP contribution in [0.2, 0.25) is 0 Å². The zero-order valence-corrected chi connectivity index (χ0v) is 12.0. The Morgan fingerprint density at radius 2 is 2.05 bits per heavy atom. The third kappa shape index (κ3) is 1.80. The Kier molecular flexibility index (Phi) is 2.49. The lowest BCUT2D eigenvalue weighted by atomic mass is 10.2. The average Bonchev–Trinajstić information content (AvgIpc) is 3.02. The standard InChI is InChI=1S/C15H11FN4S/c1-8-4-13-12(6-10(8)16)19-15(17)20(13)9-2-3-11-14(5-9)21-7-18-11/h2-7H,1H3,(H2,17,19). The molecule has 0 radical (unpaired) electrons. The Balaban J connectivity index is 2.04. The second-order valence-corrected chi connectivity index (χ2v) is 5.79. The molecule has 0 aliphatic heterocycles. The Labute approximate surface area is 123 Å². The van der Waals surface area contributed by atoms with Crippen LogP contribution in [0.25, 0.3) is 26.9 Å². The van der Waals surface area contributed by atoms with Crippen molar-refractivity contribution in [2.45, 2.75) is 6.92 Å². The number of hydrogen-bond donors (Lipinski definition) is 1. The zero-order valence-electron chi connectivity index (χ0n) is 11.2. The van der Waals surface area contributed by atoms with E-state index in [1.165, 1.54) is 6.07 Å². The fourth-order valence-corrected chi connectivity index (χ4v) is 3.19. The molecule has 104 valence electrons. The first-order valence-electron chi connectivity index (χ1n) is 6.41. The minimum absolute atomic E-state index is 0.273. The van der Waals surface area contributed by atoms with Crippen LogP contribution >= 0.6 is 11.3 Å². The van der Waals surface area contributed by atoms with Gasteiger partial charge in [0.05, 0.1) is 32.4 Å². The number of aryl methyl sites for hydroxylation is 1. The number of fused-ring (bicyclic) bond motifs is 2. The predicted octanol–water partition coefficient (Wildman–Crippen LogP) is 3.66. The van der Waals surface area contributed by atoms with E-state index in [0.717, 1.165) is 21.4 Å². The molecule has 0 saturated heterocycles. The summed E-state index contributed by atoms with van der Waals surface area (Å²) in [5.74, 6) is 0.0731. The molecule has 6 heteroatoms. The van der Waals surface area contributed by atoms with E-state index >= 15 is 0 Å². The summed E-state index contributed by atoms with van der Waals surface area (Å²) in [7, 11) is 0. The lowest BCUT2D eigenvalue weighted by Crippen LogP contribution is -2.00. The van der Waals surface area contributed by atoms with Crippen molar-refractivity contribution in [3.05, 3.63) is 47.2 Å². The number of rotatable bonds is 1. The molecule has 0 aliphatic carbocycles. The molecule has 0 bridgehead atoms. The minimum Gasteiger partial charge on any atom is -0.369 e. The summed E-state index contributed by atoms with van der Waals surface area (Å²) in [4.78, 5) is 8.51. The van der Waals surface area contributed by atoms with Gasteiger partial charge in [0.1, 0.15) is 5.82 Å². The van der Waals surface area contributed by atoms with Gasteiger partial charge >= 0.3 is 0 Å². The number of hydrogen-bond acceptors (Lipinski definition) is 4. The fraction of sp³-hybridized carbons (Fsp3) is 0.0667. The highest BCUT2D eigenvalue weighted by molar-refractivity contribution is 7.16. The van der Waals surface area contributed by atoms with Gasteiger partial charge in [0.25, 0.3) is 0 Å². The predicted molar refractivity (Wildman–Crippen MR) is 83.4 cm³/mol. The van der Waals surface area contributed by atoms with Crippen molar-refractivity contribution in [1.82, 2.24) is 14.5 Å². The summed E-state index contributed by atoms with van der Waals surface area (Å²) in [5, 5.41) is 0. The van der Waals surface area contributed by atoms with Crippen LogP contribution in [0, 0.1) is 12.7 Å². The van der Waals surface area contributed by atoms with Crippen molar-refractivity contribution in [3.63, 3.8) is 0 Å². The van der Waals surface area contributed by atoms with Crippen LogP contribution in [0.4, 0.5) is 10.3 Å². The molecule has 4 aromatic rings. The molecule has 0 saturated carbocycles. The molecule has 4 nitrogen and oxygen atoms in total. The fourth-order valence-electron chi connectivity index (χ4n) is 2.48. The summed E-state index contributed by atoms with van der Waals surface area (Å²) in [5.41, 5.74) is 11.6. The smallest absolute Gasteiger partial charge is 0.205 e. The summed E-state index contributed by atoms with van der Waals surface area (Å²) in [6.45, 7) is 1.73. The molecule has 2 aromatic carbocycles. The number of anilines is 1. The number of nitrogens with two attached hydrogens (primary N) is 1. The summed E-state index contributed by atoms with van der Waals surface area (Å²) in [6.07, 6.45) is 0. The monoisotopic (exact) mass is 298 g/mol. The van der Waals surface area contributed by atoms with Crippen molar-refractivity contribution < 1.29 is 4.39 Å². The van der Waals surface area contributed by atoms with Crippen LogP contribution in [0.1, 0.15) is 5.56 Å². The van der Waals surface area contributed by atoms with Gasteiger partial charge in [-0.3, -0.25) is 4.57 Å². The first kappa shape index (κ1) is 12.3. The van der Waals surface area contributed by atoms with E-state index in [9.17, 15) is 4.39 Å². The molecule has 0 amide bonds. The Morgan fingerprint density at radius 3 is 2.90 bits per heavy atom. The molecule has 2 aromatic heterocycles. The number of thiazole rings is 1. The van der Waals surface area contributed by atoms with Gasteiger partial charge in [-0.2, -0.15) is 0 Å². The largest absolute Gasteiger partial charge is 0.369 e. The molecule has 0 atom stereocenters. The number of halogens is 1. The van der Waals surface area contributed by atoms with Gasteiger partial charge < -0.3 is 5.73 Å². The van der Waals surface area contributed by atoms with Crippen molar-refractivity contribution >= 4 is 38.5 Å². The van der Waals surface area contributed by atoms with Crippen molar-refractivity contribution in [2.24, 2.45) is 0 Å². The molecule has 0 fully saturated rings. The molecule has 21 heavy (non-hydrogen) atoms. The summed E-state index contributed by atoms with van der Waals surface area (Å²) >= 11 is 1.57. The van der Waals surface area contributed by atoms with Gasteiger partial charge in [-0.15, -0.1) is 11.3 Å². The second kappa shape index (κ2) is 4.26. The Bertz CT molecular complexity index is 986. The van der Waals surface area contributed by atoms with Gasteiger partial charge in [-0.05, 0) is 36.8 Å². The number of aromatic nitrogens is 3. The van der Waals surface area contributed by atoms with Gasteiger partial charge in [0.2, 0.25) is 5.95 Å². The van der Waals surface area contributed by atoms with Crippen LogP contribution < -0.4 is 5.73 Å². The molecule has 2 heterocycles. The molecular weight excluding hydrogens is 287 g/mol. The van der Waals surface area contributed by atoms with Gasteiger partial charge in [0.15, 0.2) is 0 Å². The van der Waals surface area contributed by atoms with Crippen molar-refractivity contribution in [3.8, 4) is 5.69 Å². The molecule has 0 aliphatic rings. The number of nitrogens with zero attached hydrogens (tertiary/aromatic N) is 3. The van der Waals surface area contributed by atoms with Gasteiger partial charge in [0, 0.05) is 6.07 Å². The molecule has 0 spiro atoms. The van der Waals surface area contributed by atoms with E-state index in [1.807, 2.05) is 28.3 Å². The van der Waals surface area contributed by atoms with Crippen LogP contribution in [-0.2, 0) is 0 Å². The topological polar surface area (TPSA) is 56.7 Å². The average molecular weight is 298 g/mol. The molecular formula is C15H11FN4S. The quantitative estimate of drug-likeness (QED) is 0.583. The zero-order chi connectivity index (χ0) is 14.6. The van der Waals surface area contributed by atoms with E-state index in [1.54, 1.807) is 24.3 Å². The van der Waals surface area contributed by atoms with Crippen LogP contribution in [0.5, 0.6) is 0 Å². The first-order valence-corrected chi connectivity index (χ1v) is 7.29. The summed E-state index contributed by atoms with van der Waals surface area (Å²) < 4.78 is 16.6. The Hall–Kier alpha value is -2.47. The lowest BCUT2D eigenvalue weighted by Gasteiger charge is -2.07. The van der Waals surface area contributed by atoms with Crippen LogP contribution in [0.3, 0.4) is 0 Å². The summed E-state index contributed by atoms with van der Waals surface area (Å²) in [6, 6.07) is 9.10. The van der Waals surface area contributed by atoms with Gasteiger partial charge in [-0.1, -0.05) is 0 Å². The van der Waals surface area contributed by atoms with Crippen molar-refractivity contribution in [2.75, 3.05) is 5.73 Å². The minimum atomic E-state index is -0.273. The van der Waals surface area contributed by atoms with E-state index in [2.05, 4.69) is 9.97 Å². The highest BCUT2D eigenvalue weighted by Crippen LogP contribution is 2.28. The van der Waals surface area contributed by atoms with Crippen molar-refractivity contribution in [1.29, 1.82) is 0 Å². The maximum atomic E-state index is 13.7. The number of imidazole rings is 1. The third-order valence-corrected chi connectivity index (χ3v) is 4.33. The number of benzene rings is 2. The number of nitrogen functional groups attached to an aromatic ring is 1. The van der Waals surface area contributed by atoms with Crippen LogP contribution in [0.15, 0.2) is 35.8 Å². The van der Waals surface area contributed by atoms with Crippen LogP contribution in [-0.4, -0.2) is 14.5 Å². The maximum absolute atomic E-state index is 13.7.